The molecule has 0 saturated heterocycles. The number of fused-ring (bicyclic) bond motifs is 1. The number of H-pyrrole nitrogens is 1. The Bertz CT molecular complexity index is 714. The molecule has 1 aliphatic rings. The molecular weight excluding hydrogens is 288 g/mol. The zero-order valence-corrected chi connectivity index (χ0v) is 12.6. The van der Waals surface area contributed by atoms with Gasteiger partial charge in [-0.2, -0.15) is 5.10 Å². The molecule has 1 heterocycles. The molecule has 112 valence electrons. The summed E-state index contributed by atoms with van der Waals surface area (Å²) in [6, 6.07) is 7.96. The van der Waals surface area contributed by atoms with E-state index in [4.69, 9.17) is 0 Å². The Balaban J connectivity index is 1.77. The van der Waals surface area contributed by atoms with Crippen LogP contribution in [0.4, 0.5) is 0 Å². The molecule has 7 heteroatoms. The van der Waals surface area contributed by atoms with Crippen molar-refractivity contribution in [3.63, 3.8) is 0 Å². The molecule has 0 fully saturated rings. The Hall–Kier alpha value is -1.70. The van der Waals surface area contributed by atoms with Crippen LogP contribution in [0.3, 0.4) is 0 Å². The van der Waals surface area contributed by atoms with Gasteiger partial charge in [-0.15, -0.1) is 0 Å². The first-order valence-electron chi connectivity index (χ1n) is 6.86. The predicted octanol–water partition coefficient (Wildman–Crippen LogP) is 0.575. The fourth-order valence-corrected chi connectivity index (χ4v) is 4.14. The number of rotatable bonds is 5. The summed E-state index contributed by atoms with van der Waals surface area (Å²) in [5.41, 5.74) is 3.07. The number of hydrogen-bond acceptors (Lipinski definition) is 4. The van der Waals surface area contributed by atoms with E-state index in [9.17, 15) is 8.42 Å². The summed E-state index contributed by atoms with van der Waals surface area (Å²) in [5.74, 6) is 0. The highest BCUT2D eigenvalue weighted by Crippen LogP contribution is 2.23. The summed E-state index contributed by atoms with van der Waals surface area (Å²) in [6.45, 7) is 0.456. The minimum Gasteiger partial charge on any atom is -0.316 e. The third-order valence-electron chi connectivity index (χ3n) is 3.69. The molecule has 0 atom stereocenters. The third kappa shape index (κ3) is 2.85. The van der Waals surface area contributed by atoms with Crippen LogP contribution in [0.1, 0.15) is 16.7 Å². The first kappa shape index (κ1) is 14.2. The van der Waals surface area contributed by atoms with Crippen LogP contribution in [0.15, 0.2) is 35.5 Å². The van der Waals surface area contributed by atoms with Gasteiger partial charge >= 0.3 is 0 Å². The Kier molecular flexibility index (Phi) is 3.79. The van der Waals surface area contributed by atoms with Crippen LogP contribution < -0.4 is 10.0 Å². The molecule has 6 nitrogen and oxygen atoms in total. The maximum absolute atomic E-state index is 12.5. The van der Waals surface area contributed by atoms with E-state index in [2.05, 4.69) is 20.2 Å². The molecule has 3 N–H and O–H groups in total. The second-order valence-corrected chi connectivity index (χ2v) is 6.90. The standard InChI is InChI=1S/C14H18N4O2S/c1-15-8-12-9-16-17-14(12)21(19,20)18-13-6-10-4-2-3-5-11(10)7-13/h2-5,9,13,15,18H,6-8H2,1H3,(H,16,17). The van der Waals surface area contributed by atoms with Gasteiger partial charge < -0.3 is 5.32 Å². The SMILES string of the molecule is CNCc1cn[nH]c1S(=O)(=O)NC1Cc2ccccc2C1. The molecule has 0 aliphatic heterocycles. The Morgan fingerprint density at radius 1 is 1.29 bits per heavy atom. The number of aromatic amines is 1. The van der Waals surface area contributed by atoms with Gasteiger partial charge in [-0.05, 0) is 31.0 Å². The topological polar surface area (TPSA) is 86.9 Å². The molecule has 0 bridgehead atoms. The second-order valence-electron chi connectivity index (χ2n) is 5.25. The van der Waals surface area contributed by atoms with Gasteiger partial charge in [0.1, 0.15) is 0 Å². The number of nitrogens with one attached hydrogen (secondary N) is 3. The van der Waals surface area contributed by atoms with Crippen molar-refractivity contribution >= 4 is 10.0 Å². The predicted molar refractivity (Wildman–Crippen MR) is 79.3 cm³/mol. The number of hydrogen-bond donors (Lipinski definition) is 3. The highest BCUT2D eigenvalue weighted by Gasteiger charge is 2.28. The second kappa shape index (κ2) is 5.59. The maximum atomic E-state index is 12.5. The number of nitrogens with zero attached hydrogens (tertiary/aromatic N) is 1. The van der Waals surface area contributed by atoms with E-state index < -0.39 is 10.0 Å². The normalized spacial score (nSPS) is 15.3. The molecule has 0 radical (unpaired) electrons. The summed E-state index contributed by atoms with van der Waals surface area (Å²) in [4.78, 5) is 0. The highest BCUT2D eigenvalue weighted by atomic mass is 32.2. The molecule has 0 saturated carbocycles. The highest BCUT2D eigenvalue weighted by molar-refractivity contribution is 7.89. The summed E-state index contributed by atoms with van der Waals surface area (Å²) >= 11 is 0. The van der Waals surface area contributed by atoms with Crippen molar-refractivity contribution < 1.29 is 8.42 Å². The fourth-order valence-electron chi connectivity index (χ4n) is 2.77. The lowest BCUT2D eigenvalue weighted by Crippen LogP contribution is -2.36. The van der Waals surface area contributed by atoms with E-state index in [0.29, 0.717) is 12.1 Å². The van der Waals surface area contributed by atoms with Crippen molar-refractivity contribution in [2.75, 3.05) is 7.05 Å². The van der Waals surface area contributed by atoms with E-state index in [1.165, 1.54) is 17.3 Å². The third-order valence-corrected chi connectivity index (χ3v) is 5.22. The molecule has 1 aromatic heterocycles. The molecule has 0 spiro atoms. The molecule has 1 aromatic carbocycles. The van der Waals surface area contributed by atoms with Crippen molar-refractivity contribution in [1.82, 2.24) is 20.2 Å². The van der Waals surface area contributed by atoms with Gasteiger partial charge in [-0.1, -0.05) is 24.3 Å². The lowest BCUT2D eigenvalue weighted by molar-refractivity contribution is 0.550. The summed E-state index contributed by atoms with van der Waals surface area (Å²) < 4.78 is 27.7. The van der Waals surface area contributed by atoms with Crippen molar-refractivity contribution in [2.24, 2.45) is 0 Å². The van der Waals surface area contributed by atoms with Gasteiger partial charge in [-0.3, -0.25) is 5.10 Å². The molecule has 21 heavy (non-hydrogen) atoms. The first-order chi connectivity index (χ1) is 10.1. The lowest BCUT2D eigenvalue weighted by atomic mass is 10.1. The van der Waals surface area contributed by atoms with Gasteiger partial charge in [0.15, 0.2) is 5.03 Å². The zero-order valence-electron chi connectivity index (χ0n) is 11.8. The van der Waals surface area contributed by atoms with Crippen LogP contribution in [0.25, 0.3) is 0 Å². The van der Waals surface area contributed by atoms with Crippen molar-refractivity contribution in [3.8, 4) is 0 Å². The molecule has 0 unspecified atom stereocenters. The lowest BCUT2D eigenvalue weighted by Gasteiger charge is -2.12. The molecule has 3 rings (SSSR count). The maximum Gasteiger partial charge on any atom is 0.258 e. The van der Waals surface area contributed by atoms with E-state index in [1.807, 2.05) is 24.3 Å². The quantitative estimate of drug-likeness (QED) is 0.754. The smallest absolute Gasteiger partial charge is 0.258 e. The van der Waals surface area contributed by atoms with Gasteiger partial charge in [0, 0.05) is 18.2 Å². The number of sulfonamides is 1. The van der Waals surface area contributed by atoms with Gasteiger partial charge in [0.25, 0.3) is 10.0 Å². The van der Waals surface area contributed by atoms with E-state index >= 15 is 0 Å². The van der Waals surface area contributed by atoms with Crippen LogP contribution >= 0.6 is 0 Å². The van der Waals surface area contributed by atoms with Crippen LogP contribution in [-0.4, -0.2) is 31.7 Å². The number of aromatic nitrogens is 2. The first-order valence-corrected chi connectivity index (χ1v) is 8.34. The van der Waals surface area contributed by atoms with Crippen LogP contribution in [0.5, 0.6) is 0 Å². The fraction of sp³-hybridized carbons (Fsp3) is 0.357. The van der Waals surface area contributed by atoms with Crippen molar-refractivity contribution in [1.29, 1.82) is 0 Å². The Labute approximate surface area is 124 Å². The average Bonchev–Trinajstić information content (AvgIpc) is 3.04. The largest absolute Gasteiger partial charge is 0.316 e. The Morgan fingerprint density at radius 2 is 1.95 bits per heavy atom. The molecule has 2 aromatic rings. The van der Waals surface area contributed by atoms with Gasteiger partial charge in [0.05, 0.1) is 6.20 Å². The summed E-state index contributed by atoms with van der Waals surface area (Å²) in [7, 11) is -1.81. The van der Waals surface area contributed by atoms with Crippen LogP contribution in [-0.2, 0) is 29.4 Å². The Morgan fingerprint density at radius 3 is 2.57 bits per heavy atom. The number of benzene rings is 1. The van der Waals surface area contributed by atoms with E-state index in [-0.39, 0.29) is 11.1 Å². The van der Waals surface area contributed by atoms with Crippen molar-refractivity contribution in [3.05, 3.63) is 47.2 Å². The molecular formula is C14H18N4O2S. The zero-order chi connectivity index (χ0) is 14.9. The monoisotopic (exact) mass is 306 g/mol. The van der Waals surface area contributed by atoms with Crippen LogP contribution in [0, 0.1) is 0 Å². The minimum atomic E-state index is -3.58. The van der Waals surface area contributed by atoms with Gasteiger partial charge in [0.2, 0.25) is 0 Å². The van der Waals surface area contributed by atoms with Crippen molar-refractivity contribution in [2.45, 2.75) is 30.5 Å². The van der Waals surface area contributed by atoms with Crippen LogP contribution in [0.2, 0.25) is 0 Å². The van der Waals surface area contributed by atoms with Gasteiger partial charge in [-0.25, -0.2) is 13.1 Å². The summed E-state index contributed by atoms with van der Waals surface area (Å²) in [5, 5.41) is 9.51. The molecule has 0 amide bonds. The summed E-state index contributed by atoms with van der Waals surface area (Å²) in [6.07, 6.45) is 2.99. The van der Waals surface area contributed by atoms with E-state index in [0.717, 1.165) is 12.8 Å². The molecule has 1 aliphatic carbocycles. The average molecular weight is 306 g/mol. The minimum absolute atomic E-state index is 0.0989. The van der Waals surface area contributed by atoms with E-state index in [1.54, 1.807) is 7.05 Å².